The Labute approximate surface area is 205 Å². The lowest BCUT2D eigenvalue weighted by Crippen LogP contribution is -2.35. The average molecular weight is 525 g/mol. The van der Waals surface area contributed by atoms with Crippen molar-refractivity contribution in [3.05, 3.63) is 88.4 Å². The number of hydrogen-bond acceptors (Lipinski definition) is 4. The van der Waals surface area contributed by atoms with Crippen LogP contribution in [0.25, 0.3) is 0 Å². The third kappa shape index (κ3) is 5.77. The van der Waals surface area contributed by atoms with Gasteiger partial charge in [0.25, 0.3) is 5.91 Å². The number of nitrogens with one attached hydrogen (secondary N) is 1. The van der Waals surface area contributed by atoms with Gasteiger partial charge in [0.05, 0.1) is 15.5 Å². The van der Waals surface area contributed by atoms with Gasteiger partial charge in [-0.25, -0.2) is 8.42 Å². The summed E-state index contributed by atoms with van der Waals surface area (Å²) in [7, 11) is -3.80. The highest BCUT2D eigenvalue weighted by Crippen LogP contribution is 2.31. The predicted octanol–water partition coefficient (Wildman–Crippen LogP) is 5.12. The molecule has 0 bridgehead atoms. The van der Waals surface area contributed by atoms with Crippen LogP contribution in [-0.4, -0.2) is 31.8 Å². The number of amides is 1. The zero-order valence-corrected chi connectivity index (χ0v) is 19.8. The van der Waals surface area contributed by atoms with E-state index in [0.29, 0.717) is 13.0 Å². The van der Waals surface area contributed by atoms with Crippen molar-refractivity contribution < 1.29 is 31.1 Å². The molecule has 35 heavy (non-hydrogen) atoms. The summed E-state index contributed by atoms with van der Waals surface area (Å²) < 4.78 is 70.9. The van der Waals surface area contributed by atoms with E-state index in [1.807, 2.05) is 24.3 Å². The van der Waals surface area contributed by atoms with E-state index in [1.54, 1.807) is 0 Å². The second-order valence-electron chi connectivity index (χ2n) is 7.86. The molecule has 1 heterocycles. The number of rotatable bonds is 6. The zero-order chi connectivity index (χ0) is 25.2. The quantitative estimate of drug-likeness (QED) is 0.485. The van der Waals surface area contributed by atoms with E-state index in [4.69, 9.17) is 16.3 Å². The minimum absolute atomic E-state index is 0.00318. The molecule has 0 unspecified atom stereocenters. The Morgan fingerprint density at radius 2 is 1.71 bits per heavy atom. The van der Waals surface area contributed by atoms with Gasteiger partial charge in [0.2, 0.25) is 10.0 Å². The lowest BCUT2D eigenvalue weighted by atomic mass is 10.0. The number of nitrogens with zero attached hydrogens (tertiary/aromatic N) is 1. The Balaban J connectivity index is 1.38. The van der Waals surface area contributed by atoms with E-state index >= 15 is 0 Å². The molecular weight excluding hydrogens is 505 g/mol. The Morgan fingerprint density at radius 1 is 1.03 bits per heavy atom. The summed E-state index contributed by atoms with van der Waals surface area (Å²) in [6.45, 7) is 0.133. The van der Waals surface area contributed by atoms with E-state index in [0.717, 1.165) is 35.4 Å². The van der Waals surface area contributed by atoms with Gasteiger partial charge in [-0.3, -0.25) is 4.79 Å². The van der Waals surface area contributed by atoms with Crippen LogP contribution in [0.4, 0.5) is 18.9 Å². The van der Waals surface area contributed by atoms with Crippen LogP contribution in [0.15, 0.2) is 71.6 Å². The fourth-order valence-corrected chi connectivity index (χ4v) is 5.41. The van der Waals surface area contributed by atoms with Crippen molar-refractivity contribution in [3.63, 3.8) is 0 Å². The van der Waals surface area contributed by atoms with Gasteiger partial charge in [0, 0.05) is 18.8 Å². The number of alkyl halides is 3. The molecule has 0 aromatic heterocycles. The Morgan fingerprint density at radius 3 is 2.37 bits per heavy atom. The summed E-state index contributed by atoms with van der Waals surface area (Å²) in [5, 5.41) is 2.43. The van der Waals surface area contributed by atoms with Crippen LogP contribution in [0, 0.1) is 0 Å². The Kier molecular flexibility index (Phi) is 7.07. The van der Waals surface area contributed by atoms with Gasteiger partial charge in [0.1, 0.15) is 5.75 Å². The normalized spacial score (nSPS) is 14.3. The smallest absolute Gasteiger partial charge is 0.416 e. The molecule has 0 aliphatic carbocycles. The standard InChI is InChI=1S/C24H20ClF3N2O4S/c25-21-13-20(35(32,33)30-12-11-16-3-1-2-4-17(16)14-30)9-10-22(21)34-15-23(31)29-19-7-5-18(6-8-19)24(26,27)28/h1-10,13H,11-12,14-15H2,(H,29,31). The molecule has 4 rings (SSSR count). The highest BCUT2D eigenvalue weighted by Gasteiger charge is 2.30. The maximum absolute atomic E-state index is 13.1. The van der Waals surface area contributed by atoms with Crippen molar-refractivity contribution >= 4 is 33.2 Å². The predicted molar refractivity (Wildman–Crippen MR) is 125 cm³/mol. The first kappa shape index (κ1) is 25.0. The van der Waals surface area contributed by atoms with Crippen molar-refractivity contribution in [1.82, 2.24) is 4.31 Å². The SMILES string of the molecule is O=C(COc1ccc(S(=O)(=O)N2CCc3ccccc3C2)cc1Cl)Nc1ccc(C(F)(F)F)cc1. The van der Waals surface area contributed by atoms with E-state index in [1.165, 1.54) is 22.5 Å². The molecule has 0 saturated heterocycles. The van der Waals surface area contributed by atoms with Crippen molar-refractivity contribution in [3.8, 4) is 5.75 Å². The molecule has 0 fully saturated rings. The molecule has 1 amide bonds. The van der Waals surface area contributed by atoms with Crippen LogP contribution in [0.5, 0.6) is 5.75 Å². The van der Waals surface area contributed by atoms with Gasteiger partial charge >= 0.3 is 6.18 Å². The summed E-state index contributed by atoms with van der Waals surface area (Å²) in [5.74, 6) is -0.526. The molecule has 6 nitrogen and oxygen atoms in total. The number of anilines is 1. The highest BCUT2D eigenvalue weighted by molar-refractivity contribution is 7.89. The van der Waals surface area contributed by atoms with Crippen molar-refractivity contribution in [1.29, 1.82) is 0 Å². The number of carbonyl (C=O) groups is 1. The summed E-state index contributed by atoms with van der Waals surface area (Å²) in [6.07, 6.45) is -3.86. The fourth-order valence-electron chi connectivity index (χ4n) is 3.67. The molecule has 1 aliphatic rings. The molecule has 3 aromatic rings. The summed E-state index contributed by atoms with van der Waals surface area (Å²) in [4.78, 5) is 12.1. The molecule has 184 valence electrons. The van der Waals surface area contributed by atoms with Crippen LogP contribution >= 0.6 is 11.6 Å². The van der Waals surface area contributed by atoms with Crippen LogP contribution in [0.2, 0.25) is 5.02 Å². The monoisotopic (exact) mass is 524 g/mol. The number of ether oxygens (including phenoxy) is 1. The molecule has 1 N–H and O–H groups in total. The van der Waals surface area contributed by atoms with Gasteiger partial charge in [-0.15, -0.1) is 0 Å². The van der Waals surface area contributed by atoms with Crippen molar-refractivity contribution in [2.24, 2.45) is 0 Å². The first-order valence-corrected chi connectivity index (χ1v) is 12.3. The van der Waals surface area contributed by atoms with E-state index in [2.05, 4.69) is 5.32 Å². The number of sulfonamides is 1. The largest absolute Gasteiger partial charge is 0.482 e. The van der Waals surface area contributed by atoms with Crippen molar-refractivity contribution in [2.45, 2.75) is 24.0 Å². The molecule has 0 saturated carbocycles. The Bertz CT molecular complexity index is 1350. The second-order valence-corrected chi connectivity index (χ2v) is 10.2. The number of hydrogen-bond donors (Lipinski definition) is 1. The molecule has 0 atom stereocenters. The molecule has 0 spiro atoms. The van der Waals surface area contributed by atoms with Gasteiger partial charge in [0.15, 0.2) is 6.61 Å². The van der Waals surface area contributed by atoms with E-state index in [9.17, 15) is 26.4 Å². The molecule has 11 heteroatoms. The van der Waals surface area contributed by atoms with E-state index < -0.39 is 34.3 Å². The number of fused-ring (bicyclic) bond motifs is 1. The fraction of sp³-hybridized carbons (Fsp3) is 0.208. The Hall–Kier alpha value is -3.08. The van der Waals surface area contributed by atoms with E-state index in [-0.39, 0.29) is 27.9 Å². The van der Waals surface area contributed by atoms with Gasteiger partial charge in [-0.2, -0.15) is 17.5 Å². The maximum Gasteiger partial charge on any atom is 0.416 e. The molecule has 0 radical (unpaired) electrons. The topological polar surface area (TPSA) is 75.7 Å². The third-order valence-corrected chi connectivity index (χ3v) is 7.63. The lowest BCUT2D eigenvalue weighted by molar-refractivity contribution is -0.137. The van der Waals surface area contributed by atoms with Gasteiger partial charge < -0.3 is 10.1 Å². The van der Waals surface area contributed by atoms with Gasteiger partial charge in [-0.1, -0.05) is 35.9 Å². The van der Waals surface area contributed by atoms with Gasteiger partial charge in [-0.05, 0) is 60.0 Å². The summed E-state index contributed by atoms with van der Waals surface area (Å²) >= 11 is 6.21. The molecule has 1 aliphatic heterocycles. The third-order valence-electron chi connectivity index (χ3n) is 5.49. The average Bonchev–Trinajstić information content (AvgIpc) is 2.82. The summed E-state index contributed by atoms with van der Waals surface area (Å²) in [5.41, 5.74) is 1.41. The first-order chi connectivity index (χ1) is 16.5. The lowest BCUT2D eigenvalue weighted by Gasteiger charge is -2.28. The zero-order valence-electron chi connectivity index (χ0n) is 18.2. The minimum Gasteiger partial charge on any atom is -0.482 e. The molecule has 3 aromatic carbocycles. The number of carbonyl (C=O) groups excluding carboxylic acids is 1. The number of benzene rings is 3. The van der Waals surface area contributed by atoms with Crippen molar-refractivity contribution in [2.75, 3.05) is 18.5 Å². The minimum atomic E-state index is -4.47. The number of halogens is 4. The van der Waals surface area contributed by atoms with Crippen LogP contribution < -0.4 is 10.1 Å². The maximum atomic E-state index is 13.1. The van der Waals surface area contributed by atoms with Crippen LogP contribution in [-0.2, 0) is 34.0 Å². The molecular formula is C24H20ClF3N2O4S. The highest BCUT2D eigenvalue weighted by atomic mass is 35.5. The van der Waals surface area contributed by atoms with Crippen LogP contribution in [0.3, 0.4) is 0 Å². The van der Waals surface area contributed by atoms with Crippen LogP contribution in [0.1, 0.15) is 16.7 Å². The summed E-state index contributed by atoms with van der Waals surface area (Å²) in [6, 6.07) is 15.6. The first-order valence-electron chi connectivity index (χ1n) is 10.5. The second kappa shape index (κ2) is 9.88.